The van der Waals surface area contributed by atoms with Crippen molar-refractivity contribution in [2.75, 3.05) is 6.61 Å². The van der Waals surface area contributed by atoms with E-state index in [0.29, 0.717) is 11.4 Å². The fourth-order valence-corrected chi connectivity index (χ4v) is 0.847. The molecule has 4 nitrogen and oxygen atoms in total. The zero-order valence-corrected chi connectivity index (χ0v) is 7.20. The Morgan fingerprint density at radius 1 is 1.55 bits per heavy atom. The van der Waals surface area contributed by atoms with Crippen molar-refractivity contribution < 1.29 is 4.74 Å². The van der Waals surface area contributed by atoms with Gasteiger partial charge in [-0.2, -0.15) is 0 Å². The minimum absolute atomic E-state index is 0.472. The monoisotopic (exact) mass is 173 g/mol. The van der Waals surface area contributed by atoms with Crippen LogP contribution in [0, 0.1) is 4.77 Å². The minimum atomic E-state index is 0.472. The van der Waals surface area contributed by atoms with Crippen LogP contribution in [0.1, 0.15) is 19.2 Å². The van der Waals surface area contributed by atoms with Gasteiger partial charge in [-0.25, -0.2) is 4.98 Å². The summed E-state index contributed by atoms with van der Waals surface area (Å²) in [5.41, 5.74) is 0. The second-order valence-corrected chi connectivity index (χ2v) is 2.55. The minimum Gasteiger partial charge on any atom is -0.373 e. The predicted molar refractivity (Wildman–Crippen MR) is 43.7 cm³/mol. The van der Waals surface area contributed by atoms with Crippen LogP contribution in [0.15, 0.2) is 0 Å². The summed E-state index contributed by atoms with van der Waals surface area (Å²) in [5.74, 6) is 0.753. The van der Waals surface area contributed by atoms with Crippen LogP contribution in [-0.4, -0.2) is 21.8 Å². The molecule has 0 atom stereocenters. The standard InChI is InChI=1S/C6H11N3OS/c1-2-3-10-4-5-7-6(11)9-8-5/h2-4H2,1H3,(H2,7,8,9,11). The quantitative estimate of drug-likeness (QED) is 0.534. The maximum absolute atomic E-state index is 5.22. The van der Waals surface area contributed by atoms with Gasteiger partial charge in [0.2, 0.25) is 4.77 Å². The maximum Gasteiger partial charge on any atom is 0.213 e. The molecule has 0 radical (unpaired) electrons. The molecule has 62 valence electrons. The Hall–Kier alpha value is -0.680. The third kappa shape index (κ3) is 2.81. The van der Waals surface area contributed by atoms with Crippen LogP contribution in [0.4, 0.5) is 0 Å². The highest BCUT2D eigenvalue weighted by molar-refractivity contribution is 7.71. The molecule has 1 heterocycles. The molecule has 0 saturated heterocycles. The Morgan fingerprint density at radius 2 is 2.36 bits per heavy atom. The van der Waals surface area contributed by atoms with Gasteiger partial charge in [0.15, 0.2) is 0 Å². The summed E-state index contributed by atoms with van der Waals surface area (Å²) in [7, 11) is 0. The lowest BCUT2D eigenvalue weighted by molar-refractivity contribution is 0.116. The highest BCUT2D eigenvalue weighted by Crippen LogP contribution is 1.91. The average molecular weight is 173 g/mol. The molecule has 0 fully saturated rings. The molecule has 0 saturated carbocycles. The SMILES string of the molecule is CCCOCc1nc(=S)[nH][nH]1. The third-order valence-corrected chi connectivity index (χ3v) is 1.33. The molecule has 1 aromatic rings. The second-order valence-electron chi connectivity index (χ2n) is 2.17. The van der Waals surface area contributed by atoms with E-state index < -0.39 is 0 Å². The van der Waals surface area contributed by atoms with Crippen LogP contribution >= 0.6 is 12.2 Å². The van der Waals surface area contributed by atoms with Gasteiger partial charge < -0.3 is 4.74 Å². The van der Waals surface area contributed by atoms with E-state index in [1.165, 1.54) is 0 Å². The number of H-pyrrole nitrogens is 2. The summed E-state index contributed by atoms with van der Waals surface area (Å²) < 4.78 is 5.69. The number of ether oxygens (including phenoxy) is 1. The van der Waals surface area contributed by atoms with Crippen molar-refractivity contribution in [1.82, 2.24) is 15.2 Å². The van der Waals surface area contributed by atoms with E-state index in [1.54, 1.807) is 0 Å². The Morgan fingerprint density at radius 3 is 2.91 bits per heavy atom. The summed E-state index contributed by atoms with van der Waals surface area (Å²) in [6.45, 7) is 3.32. The largest absolute Gasteiger partial charge is 0.373 e. The summed E-state index contributed by atoms with van der Waals surface area (Å²) >= 11 is 4.76. The fourth-order valence-electron chi connectivity index (χ4n) is 0.686. The second kappa shape index (κ2) is 4.25. The van der Waals surface area contributed by atoms with Crippen molar-refractivity contribution in [2.45, 2.75) is 20.0 Å². The number of rotatable bonds is 4. The van der Waals surface area contributed by atoms with E-state index in [-0.39, 0.29) is 0 Å². The van der Waals surface area contributed by atoms with Crippen LogP contribution in [0.2, 0.25) is 0 Å². The first-order valence-corrected chi connectivity index (χ1v) is 3.95. The highest BCUT2D eigenvalue weighted by Gasteiger charge is 1.94. The molecular formula is C6H11N3OS. The first kappa shape index (κ1) is 8.42. The first-order valence-electron chi connectivity index (χ1n) is 3.54. The van der Waals surface area contributed by atoms with Gasteiger partial charge in [-0.1, -0.05) is 6.92 Å². The summed E-state index contributed by atoms with van der Waals surface area (Å²) in [5, 5.41) is 5.49. The zero-order valence-electron chi connectivity index (χ0n) is 6.39. The number of hydrogen-bond acceptors (Lipinski definition) is 3. The summed E-state index contributed by atoms with van der Waals surface area (Å²) in [6.07, 6.45) is 1.02. The van der Waals surface area contributed by atoms with E-state index in [9.17, 15) is 0 Å². The molecule has 0 aliphatic carbocycles. The zero-order chi connectivity index (χ0) is 8.10. The Kier molecular flexibility index (Phi) is 3.25. The summed E-state index contributed by atoms with van der Waals surface area (Å²) in [4.78, 5) is 3.96. The molecule has 0 amide bonds. The topological polar surface area (TPSA) is 53.7 Å². The number of aromatic amines is 2. The molecule has 0 spiro atoms. The van der Waals surface area contributed by atoms with E-state index >= 15 is 0 Å². The number of nitrogens with one attached hydrogen (secondary N) is 2. The van der Waals surface area contributed by atoms with Crippen LogP contribution in [0.3, 0.4) is 0 Å². The maximum atomic E-state index is 5.22. The van der Waals surface area contributed by atoms with Crippen LogP contribution in [0.25, 0.3) is 0 Å². The van der Waals surface area contributed by atoms with Gasteiger partial charge in [-0.05, 0) is 18.6 Å². The predicted octanol–water partition coefficient (Wildman–Crippen LogP) is 1.39. The fraction of sp³-hybridized carbons (Fsp3) is 0.667. The molecule has 5 heteroatoms. The molecule has 0 aliphatic heterocycles. The van der Waals surface area contributed by atoms with E-state index in [4.69, 9.17) is 17.0 Å². The third-order valence-electron chi connectivity index (χ3n) is 1.14. The van der Waals surface area contributed by atoms with Gasteiger partial charge in [0.1, 0.15) is 12.4 Å². The highest BCUT2D eigenvalue weighted by atomic mass is 32.1. The lowest BCUT2D eigenvalue weighted by Gasteiger charge is -1.96. The van der Waals surface area contributed by atoms with Gasteiger partial charge in [0.25, 0.3) is 0 Å². The molecule has 1 rings (SSSR count). The molecule has 0 unspecified atom stereocenters. The molecule has 1 aromatic heterocycles. The van der Waals surface area contributed by atoms with Crippen molar-refractivity contribution in [3.63, 3.8) is 0 Å². The molecule has 2 N–H and O–H groups in total. The van der Waals surface area contributed by atoms with Crippen molar-refractivity contribution in [2.24, 2.45) is 0 Å². The lowest BCUT2D eigenvalue weighted by atomic mass is 10.5. The Balaban J connectivity index is 2.33. The van der Waals surface area contributed by atoms with E-state index in [0.717, 1.165) is 18.9 Å². The van der Waals surface area contributed by atoms with Crippen LogP contribution < -0.4 is 0 Å². The average Bonchev–Trinajstić information content (AvgIpc) is 2.37. The van der Waals surface area contributed by atoms with E-state index in [2.05, 4.69) is 22.1 Å². The van der Waals surface area contributed by atoms with Gasteiger partial charge in [0.05, 0.1) is 0 Å². The van der Waals surface area contributed by atoms with Gasteiger partial charge >= 0.3 is 0 Å². The molecular weight excluding hydrogens is 162 g/mol. The number of aromatic nitrogens is 3. The molecule has 11 heavy (non-hydrogen) atoms. The smallest absolute Gasteiger partial charge is 0.213 e. The normalized spacial score (nSPS) is 10.3. The van der Waals surface area contributed by atoms with Crippen LogP contribution in [0.5, 0.6) is 0 Å². The van der Waals surface area contributed by atoms with Gasteiger partial charge in [-0.3, -0.25) is 10.2 Å². The van der Waals surface area contributed by atoms with Gasteiger partial charge in [0, 0.05) is 6.61 Å². The molecule has 0 bridgehead atoms. The van der Waals surface area contributed by atoms with Crippen LogP contribution in [-0.2, 0) is 11.3 Å². The summed E-state index contributed by atoms with van der Waals surface area (Å²) in [6, 6.07) is 0. The lowest BCUT2D eigenvalue weighted by Crippen LogP contribution is -1.95. The number of nitrogens with zero attached hydrogens (tertiary/aromatic N) is 1. The van der Waals surface area contributed by atoms with Crippen molar-refractivity contribution >= 4 is 12.2 Å². The van der Waals surface area contributed by atoms with Crippen molar-refractivity contribution in [3.8, 4) is 0 Å². The van der Waals surface area contributed by atoms with E-state index in [1.807, 2.05) is 0 Å². The number of hydrogen-bond donors (Lipinski definition) is 2. The molecule has 0 aliphatic rings. The van der Waals surface area contributed by atoms with Gasteiger partial charge in [-0.15, -0.1) is 0 Å². The first-order chi connectivity index (χ1) is 5.33. The van der Waals surface area contributed by atoms with Crippen molar-refractivity contribution in [1.29, 1.82) is 0 Å². The Bertz CT molecular complexity index is 254. The Labute approximate surface area is 70.0 Å². The van der Waals surface area contributed by atoms with Crippen molar-refractivity contribution in [3.05, 3.63) is 10.6 Å². The molecule has 0 aromatic carbocycles.